The van der Waals surface area contributed by atoms with Crippen LogP contribution in [0.3, 0.4) is 0 Å². The second-order valence-electron chi connectivity index (χ2n) is 3.96. The maximum absolute atomic E-state index is 11.9. The van der Waals surface area contributed by atoms with Crippen LogP contribution < -0.4 is 0 Å². The van der Waals surface area contributed by atoms with Crippen LogP contribution in [-0.4, -0.2) is 25.2 Å². The Morgan fingerprint density at radius 3 is 1.88 bits per heavy atom. The first kappa shape index (κ1) is 15.7. The van der Waals surface area contributed by atoms with Gasteiger partial charge in [-0.15, -0.1) is 0 Å². The molecule has 1 atom stereocenters. The molecule has 0 saturated carbocycles. The van der Waals surface area contributed by atoms with Crippen LogP contribution in [0, 0.1) is 11.3 Å². The van der Waals surface area contributed by atoms with Crippen molar-refractivity contribution >= 4 is 11.9 Å². The summed E-state index contributed by atoms with van der Waals surface area (Å²) in [6.07, 6.45) is 3.61. The number of hydrogen-bond donors (Lipinski definition) is 0. The topological polar surface area (TPSA) is 52.6 Å². The van der Waals surface area contributed by atoms with Crippen molar-refractivity contribution in [3.63, 3.8) is 0 Å². The number of allylic oxidation sites excluding steroid dienone is 2. The molecule has 0 saturated heterocycles. The lowest BCUT2D eigenvalue weighted by molar-refractivity contribution is -0.173. The van der Waals surface area contributed by atoms with Crippen molar-refractivity contribution < 1.29 is 19.1 Å². The third-order valence-electron chi connectivity index (χ3n) is 2.79. The minimum atomic E-state index is -1.28. The Morgan fingerprint density at radius 2 is 1.59 bits per heavy atom. The van der Waals surface area contributed by atoms with Crippen molar-refractivity contribution in [3.8, 4) is 0 Å². The molecule has 0 rings (SSSR count). The molecule has 0 aliphatic rings. The summed E-state index contributed by atoms with van der Waals surface area (Å²) in [7, 11) is 0. The summed E-state index contributed by atoms with van der Waals surface area (Å²) in [6.45, 7) is 9.12. The number of carbonyl (C=O) groups is 2. The van der Waals surface area contributed by atoms with E-state index in [1.807, 2.05) is 6.92 Å². The molecule has 0 aromatic carbocycles. The van der Waals surface area contributed by atoms with Crippen LogP contribution in [0.5, 0.6) is 0 Å². The molecule has 0 bridgehead atoms. The van der Waals surface area contributed by atoms with Gasteiger partial charge in [-0.2, -0.15) is 0 Å². The summed E-state index contributed by atoms with van der Waals surface area (Å²) >= 11 is 0. The van der Waals surface area contributed by atoms with Crippen molar-refractivity contribution in [1.29, 1.82) is 0 Å². The second kappa shape index (κ2) is 7.09. The predicted molar refractivity (Wildman–Crippen MR) is 65.4 cm³/mol. The molecule has 0 amide bonds. The van der Waals surface area contributed by atoms with E-state index in [2.05, 4.69) is 0 Å². The molecule has 17 heavy (non-hydrogen) atoms. The molecule has 0 N–H and O–H groups in total. The molecule has 0 aliphatic heterocycles. The number of rotatable bonds is 6. The molecule has 0 fully saturated rings. The average molecular weight is 242 g/mol. The van der Waals surface area contributed by atoms with E-state index < -0.39 is 17.4 Å². The maximum Gasteiger partial charge on any atom is 0.323 e. The molecule has 0 aromatic heterocycles. The highest BCUT2D eigenvalue weighted by Gasteiger charge is 2.47. The van der Waals surface area contributed by atoms with Crippen LogP contribution in [0.25, 0.3) is 0 Å². The molecular formula is C13H22O4. The molecule has 0 aliphatic carbocycles. The van der Waals surface area contributed by atoms with Crippen LogP contribution in [0.1, 0.15) is 34.6 Å². The maximum atomic E-state index is 11.9. The van der Waals surface area contributed by atoms with E-state index in [0.717, 1.165) is 0 Å². The zero-order chi connectivity index (χ0) is 13.5. The molecule has 98 valence electrons. The summed E-state index contributed by atoms with van der Waals surface area (Å²) in [5.74, 6) is -1.35. The Labute approximate surface area is 103 Å². The van der Waals surface area contributed by atoms with E-state index in [9.17, 15) is 9.59 Å². The first-order valence-corrected chi connectivity index (χ1v) is 5.92. The summed E-state index contributed by atoms with van der Waals surface area (Å²) in [4.78, 5) is 23.9. The minimum Gasteiger partial charge on any atom is -0.465 e. The summed E-state index contributed by atoms with van der Waals surface area (Å²) in [5.41, 5.74) is -1.28. The van der Waals surface area contributed by atoms with E-state index in [1.54, 1.807) is 39.8 Å². The summed E-state index contributed by atoms with van der Waals surface area (Å²) < 4.78 is 9.94. The lowest BCUT2D eigenvalue weighted by atomic mass is 9.77. The van der Waals surface area contributed by atoms with Gasteiger partial charge in [0.1, 0.15) is 0 Å². The fraction of sp³-hybridized carbons (Fsp3) is 0.692. The zero-order valence-electron chi connectivity index (χ0n) is 11.3. The molecule has 0 radical (unpaired) electrons. The van der Waals surface area contributed by atoms with E-state index in [4.69, 9.17) is 9.47 Å². The van der Waals surface area contributed by atoms with E-state index in [0.29, 0.717) is 0 Å². The lowest BCUT2D eigenvalue weighted by Gasteiger charge is -2.29. The third-order valence-corrected chi connectivity index (χ3v) is 2.79. The van der Waals surface area contributed by atoms with Crippen LogP contribution >= 0.6 is 0 Å². The highest BCUT2D eigenvalue weighted by atomic mass is 16.6. The first-order valence-electron chi connectivity index (χ1n) is 5.92. The van der Waals surface area contributed by atoms with Crippen molar-refractivity contribution in [2.75, 3.05) is 13.2 Å². The molecule has 4 heteroatoms. The van der Waals surface area contributed by atoms with Crippen molar-refractivity contribution in [2.24, 2.45) is 11.3 Å². The van der Waals surface area contributed by atoms with Crippen molar-refractivity contribution in [2.45, 2.75) is 34.6 Å². The number of ether oxygens (including phenoxy) is 2. The van der Waals surface area contributed by atoms with Gasteiger partial charge in [-0.05, 0) is 27.7 Å². The van der Waals surface area contributed by atoms with Gasteiger partial charge in [-0.3, -0.25) is 9.59 Å². The monoisotopic (exact) mass is 242 g/mol. The Balaban J connectivity index is 5.18. The summed E-state index contributed by atoms with van der Waals surface area (Å²) in [6, 6.07) is 0. The van der Waals surface area contributed by atoms with Gasteiger partial charge in [0.05, 0.1) is 13.2 Å². The molecule has 0 aromatic rings. The standard InChI is InChI=1S/C13H22O4/c1-6-9-10(4)13(5,11(14)16-7-2)12(15)17-8-3/h6,9-10H,7-8H2,1-5H3. The molecule has 0 spiro atoms. The van der Waals surface area contributed by atoms with Gasteiger partial charge in [0.25, 0.3) is 0 Å². The molecule has 4 nitrogen and oxygen atoms in total. The number of esters is 2. The number of carbonyl (C=O) groups excluding carboxylic acids is 2. The fourth-order valence-electron chi connectivity index (χ4n) is 1.50. The van der Waals surface area contributed by atoms with Crippen LogP contribution in [0.15, 0.2) is 12.2 Å². The first-order chi connectivity index (χ1) is 7.94. The van der Waals surface area contributed by atoms with E-state index in [1.165, 1.54) is 0 Å². The fourth-order valence-corrected chi connectivity index (χ4v) is 1.50. The normalized spacial score (nSPS) is 13.5. The SMILES string of the molecule is CC=CC(C)C(C)(C(=O)OCC)C(=O)OCC. The van der Waals surface area contributed by atoms with Gasteiger partial charge < -0.3 is 9.47 Å². The third kappa shape index (κ3) is 3.58. The van der Waals surface area contributed by atoms with Gasteiger partial charge in [-0.1, -0.05) is 19.1 Å². The van der Waals surface area contributed by atoms with Gasteiger partial charge in [0, 0.05) is 5.92 Å². The predicted octanol–water partition coefficient (Wildman–Crippen LogP) is 2.33. The highest BCUT2D eigenvalue weighted by Crippen LogP contribution is 2.31. The van der Waals surface area contributed by atoms with Gasteiger partial charge in [-0.25, -0.2) is 0 Å². The molecule has 1 unspecified atom stereocenters. The minimum absolute atomic E-state index is 0.246. The van der Waals surface area contributed by atoms with Crippen molar-refractivity contribution in [3.05, 3.63) is 12.2 Å². The van der Waals surface area contributed by atoms with Crippen LogP contribution in [-0.2, 0) is 19.1 Å². The quantitative estimate of drug-likeness (QED) is 0.407. The lowest BCUT2D eigenvalue weighted by Crippen LogP contribution is -2.44. The average Bonchev–Trinajstić information content (AvgIpc) is 2.28. The summed E-state index contributed by atoms with van der Waals surface area (Å²) in [5, 5.41) is 0. The molecule has 0 heterocycles. The van der Waals surface area contributed by atoms with E-state index in [-0.39, 0.29) is 19.1 Å². The Bertz CT molecular complexity index is 276. The van der Waals surface area contributed by atoms with Crippen LogP contribution in [0.4, 0.5) is 0 Å². The van der Waals surface area contributed by atoms with Crippen LogP contribution in [0.2, 0.25) is 0 Å². The van der Waals surface area contributed by atoms with Gasteiger partial charge in [0.15, 0.2) is 5.41 Å². The Hall–Kier alpha value is -1.32. The Morgan fingerprint density at radius 1 is 1.18 bits per heavy atom. The smallest absolute Gasteiger partial charge is 0.323 e. The Kier molecular flexibility index (Phi) is 6.54. The van der Waals surface area contributed by atoms with E-state index >= 15 is 0 Å². The molecular weight excluding hydrogens is 220 g/mol. The number of hydrogen-bond acceptors (Lipinski definition) is 4. The van der Waals surface area contributed by atoms with Gasteiger partial charge in [0.2, 0.25) is 0 Å². The van der Waals surface area contributed by atoms with Gasteiger partial charge >= 0.3 is 11.9 Å². The second-order valence-corrected chi connectivity index (χ2v) is 3.96. The highest BCUT2D eigenvalue weighted by molar-refractivity contribution is 6.00. The zero-order valence-corrected chi connectivity index (χ0v) is 11.3. The van der Waals surface area contributed by atoms with Crippen molar-refractivity contribution in [1.82, 2.24) is 0 Å². The largest absolute Gasteiger partial charge is 0.465 e.